The average Bonchev–Trinajstić information content (AvgIpc) is 3.01. The molecule has 1 aliphatic rings. The number of fused-ring (bicyclic) bond motifs is 1. The average molecular weight is 211 g/mol. The van der Waals surface area contributed by atoms with Gasteiger partial charge in [0.1, 0.15) is 0 Å². The maximum absolute atomic E-state index is 6.41. The molecule has 0 heterocycles. The van der Waals surface area contributed by atoms with Crippen LogP contribution in [-0.4, -0.2) is 0 Å². The molecule has 0 radical (unpaired) electrons. The summed E-state index contributed by atoms with van der Waals surface area (Å²) >= 11 is 0. The first kappa shape index (κ1) is 9.86. The molecular formula is C15H17N. The summed E-state index contributed by atoms with van der Waals surface area (Å²) in [4.78, 5) is 0. The fourth-order valence-corrected chi connectivity index (χ4v) is 2.69. The van der Waals surface area contributed by atoms with Gasteiger partial charge in [-0.1, -0.05) is 49.7 Å². The van der Waals surface area contributed by atoms with Crippen LogP contribution >= 0.6 is 0 Å². The first-order valence-electron chi connectivity index (χ1n) is 6.02. The maximum Gasteiger partial charge on any atom is 0.0442 e. The van der Waals surface area contributed by atoms with Crippen molar-refractivity contribution in [2.45, 2.75) is 25.3 Å². The molecule has 0 bridgehead atoms. The smallest absolute Gasteiger partial charge is 0.0442 e. The molecule has 0 aliphatic heterocycles. The van der Waals surface area contributed by atoms with Crippen LogP contribution in [0.15, 0.2) is 42.5 Å². The fraction of sp³-hybridized carbons (Fsp3) is 0.333. The van der Waals surface area contributed by atoms with E-state index in [1.54, 1.807) is 0 Å². The molecule has 0 spiro atoms. The molecule has 16 heavy (non-hydrogen) atoms. The topological polar surface area (TPSA) is 26.0 Å². The molecule has 2 unspecified atom stereocenters. The Morgan fingerprint density at radius 2 is 1.94 bits per heavy atom. The van der Waals surface area contributed by atoms with Crippen LogP contribution in [0.5, 0.6) is 0 Å². The third-order valence-electron chi connectivity index (χ3n) is 3.93. The minimum Gasteiger partial charge on any atom is -0.321 e. The van der Waals surface area contributed by atoms with E-state index in [9.17, 15) is 0 Å². The van der Waals surface area contributed by atoms with E-state index in [2.05, 4.69) is 49.4 Å². The van der Waals surface area contributed by atoms with Crippen LogP contribution in [0, 0.1) is 5.92 Å². The summed E-state index contributed by atoms with van der Waals surface area (Å²) in [7, 11) is 0. The lowest BCUT2D eigenvalue weighted by molar-refractivity contribution is 0.616. The van der Waals surface area contributed by atoms with E-state index in [1.165, 1.54) is 22.8 Å². The van der Waals surface area contributed by atoms with Gasteiger partial charge >= 0.3 is 0 Å². The molecule has 1 saturated carbocycles. The molecular weight excluding hydrogens is 194 g/mol. The van der Waals surface area contributed by atoms with Crippen molar-refractivity contribution in [3.8, 4) is 0 Å². The normalized spacial score (nSPS) is 28.2. The van der Waals surface area contributed by atoms with E-state index >= 15 is 0 Å². The van der Waals surface area contributed by atoms with E-state index in [1.807, 2.05) is 0 Å². The van der Waals surface area contributed by atoms with Crippen LogP contribution in [-0.2, 0) is 5.54 Å². The Labute approximate surface area is 96.3 Å². The number of rotatable bonds is 2. The molecule has 2 aromatic carbocycles. The molecule has 0 saturated heterocycles. The van der Waals surface area contributed by atoms with Gasteiger partial charge in [0, 0.05) is 5.54 Å². The highest BCUT2D eigenvalue weighted by Gasteiger charge is 2.50. The molecule has 0 aromatic heterocycles. The summed E-state index contributed by atoms with van der Waals surface area (Å²) in [6.07, 6.45) is 2.32. The molecule has 1 nitrogen and oxygen atoms in total. The summed E-state index contributed by atoms with van der Waals surface area (Å²) in [5.41, 5.74) is 7.67. The summed E-state index contributed by atoms with van der Waals surface area (Å²) in [6.45, 7) is 2.22. The molecule has 1 fully saturated rings. The van der Waals surface area contributed by atoms with Crippen LogP contribution in [0.3, 0.4) is 0 Å². The molecule has 1 heteroatoms. The van der Waals surface area contributed by atoms with Gasteiger partial charge in [0.25, 0.3) is 0 Å². The van der Waals surface area contributed by atoms with Gasteiger partial charge in [-0.05, 0) is 34.7 Å². The Morgan fingerprint density at radius 3 is 2.62 bits per heavy atom. The molecule has 3 rings (SSSR count). The number of nitrogens with two attached hydrogens (primary N) is 1. The van der Waals surface area contributed by atoms with E-state index in [4.69, 9.17) is 5.73 Å². The van der Waals surface area contributed by atoms with Gasteiger partial charge in [-0.25, -0.2) is 0 Å². The van der Waals surface area contributed by atoms with Crippen molar-refractivity contribution in [3.05, 3.63) is 48.0 Å². The number of benzene rings is 2. The van der Waals surface area contributed by atoms with Gasteiger partial charge in [-0.15, -0.1) is 0 Å². The summed E-state index contributed by atoms with van der Waals surface area (Å²) in [5, 5.41) is 2.59. The van der Waals surface area contributed by atoms with Crippen molar-refractivity contribution in [1.82, 2.24) is 0 Å². The predicted octanol–water partition coefficient (Wildman–Crippen LogP) is 3.42. The first-order valence-corrected chi connectivity index (χ1v) is 6.02. The highest BCUT2D eigenvalue weighted by Crippen LogP contribution is 2.51. The Morgan fingerprint density at radius 1 is 1.19 bits per heavy atom. The zero-order valence-corrected chi connectivity index (χ0v) is 9.61. The lowest BCUT2D eigenvalue weighted by atomic mass is 9.98. The Bertz CT molecular complexity index is 532. The second-order valence-electron chi connectivity index (χ2n) is 4.91. The van der Waals surface area contributed by atoms with Crippen LogP contribution in [0.1, 0.15) is 25.3 Å². The Hall–Kier alpha value is -1.34. The van der Waals surface area contributed by atoms with E-state index in [0.29, 0.717) is 5.92 Å². The van der Waals surface area contributed by atoms with Gasteiger partial charge in [0.05, 0.1) is 0 Å². The second kappa shape index (κ2) is 3.33. The van der Waals surface area contributed by atoms with Crippen LogP contribution < -0.4 is 5.73 Å². The fourth-order valence-electron chi connectivity index (χ4n) is 2.69. The lowest BCUT2D eigenvalue weighted by Gasteiger charge is -2.12. The van der Waals surface area contributed by atoms with E-state index in [0.717, 1.165) is 6.42 Å². The first-order chi connectivity index (χ1) is 7.74. The Balaban J connectivity index is 2.06. The van der Waals surface area contributed by atoms with Crippen LogP contribution in [0.2, 0.25) is 0 Å². The van der Waals surface area contributed by atoms with Crippen molar-refractivity contribution in [2.75, 3.05) is 0 Å². The molecule has 1 aliphatic carbocycles. The third kappa shape index (κ3) is 1.35. The van der Waals surface area contributed by atoms with Crippen molar-refractivity contribution >= 4 is 10.8 Å². The van der Waals surface area contributed by atoms with Gasteiger partial charge < -0.3 is 5.73 Å². The predicted molar refractivity (Wildman–Crippen MR) is 68.2 cm³/mol. The minimum absolute atomic E-state index is 0.0429. The largest absolute Gasteiger partial charge is 0.321 e. The highest BCUT2D eigenvalue weighted by molar-refractivity contribution is 5.83. The van der Waals surface area contributed by atoms with Crippen LogP contribution in [0.4, 0.5) is 0 Å². The minimum atomic E-state index is -0.0429. The van der Waals surface area contributed by atoms with Crippen molar-refractivity contribution < 1.29 is 0 Å². The second-order valence-corrected chi connectivity index (χ2v) is 4.91. The maximum atomic E-state index is 6.41. The van der Waals surface area contributed by atoms with Crippen molar-refractivity contribution in [3.63, 3.8) is 0 Å². The van der Waals surface area contributed by atoms with Gasteiger partial charge in [-0.2, -0.15) is 0 Å². The van der Waals surface area contributed by atoms with Gasteiger partial charge in [-0.3, -0.25) is 0 Å². The number of hydrogen-bond donors (Lipinski definition) is 1. The standard InChI is InChI=1S/C15H17N/c1-2-13-10-15(13,16)14-8-7-11-5-3-4-6-12(11)9-14/h3-9,13H,2,10,16H2,1H3. The third-order valence-corrected chi connectivity index (χ3v) is 3.93. The lowest BCUT2D eigenvalue weighted by Crippen LogP contribution is -2.21. The molecule has 2 aromatic rings. The van der Waals surface area contributed by atoms with E-state index < -0.39 is 0 Å². The zero-order chi connectivity index (χ0) is 11.2. The van der Waals surface area contributed by atoms with Crippen molar-refractivity contribution in [2.24, 2.45) is 11.7 Å². The molecule has 0 amide bonds. The molecule has 2 N–H and O–H groups in total. The quantitative estimate of drug-likeness (QED) is 0.809. The van der Waals surface area contributed by atoms with Crippen LogP contribution in [0.25, 0.3) is 10.8 Å². The SMILES string of the molecule is CCC1CC1(N)c1ccc2ccccc2c1. The highest BCUT2D eigenvalue weighted by atomic mass is 14.9. The summed E-state index contributed by atoms with van der Waals surface area (Å²) < 4.78 is 0. The van der Waals surface area contributed by atoms with E-state index in [-0.39, 0.29) is 5.54 Å². The zero-order valence-electron chi connectivity index (χ0n) is 9.61. The summed E-state index contributed by atoms with van der Waals surface area (Å²) in [5.74, 6) is 0.675. The molecule has 2 atom stereocenters. The Kier molecular flexibility index (Phi) is 2.05. The van der Waals surface area contributed by atoms with Gasteiger partial charge in [0.2, 0.25) is 0 Å². The summed E-state index contributed by atoms with van der Waals surface area (Å²) in [6, 6.07) is 15.1. The van der Waals surface area contributed by atoms with Gasteiger partial charge in [0.15, 0.2) is 0 Å². The monoisotopic (exact) mass is 211 g/mol. The number of hydrogen-bond acceptors (Lipinski definition) is 1. The van der Waals surface area contributed by atoms with Crippen molar-refractivity contribution in [1.29, 1.82) is 0 Å². The molecule has 82 valence electrons.